The topological polar surface area (TPSA) is 286 Å². The number of unbranched alkanes of at least 4 members (excludes halogenated alkanes) is 18. The van der Waals surface area contributed by atoms with Crippen molar-refractivity contribution < 1.29 is 71.4 Å². The van der Waals surface area contributed by atoms with E-state index in [1.807, 2.05) is 18.2 Å². The zero-order valence-corrected chi connectivity index (χ0v) is 46.0. The smallest absolute Gasteiger partial charge is 0.462 e. The Morgan fingerprint density at radius 2 is 1.19 bits per heavy atom. The first-order chi connectivity index (χ1) is 35.5. The molecule has 2 unspecified atom stereocenters. The first-order valence-electron chi connectivity index (χ1n) is 27.1. The molecule has 2 heterocycles. The number of hydrogen-bond donors (Lipinski definition) is 6. The maximum absolute atomic E-state index is 12.9. The summed E-state index contributed by atoms with van der Waals surface area (Å²) in [6, 6.07) is 1.24. The van der Waals surface area contributed by atoms with Crippen LogP contribution in [0.1, 0.15) is 193 Å². The second-order valence-electron chi connectivity index (χ2n) is 19.3. The van der Waals surface area contributed by atoms with E-state index in [4.69, 9.17) is 34.1 Å². The van der Waals surface area contributed by atoms with E-state index in [1.165, 1.54) is 76.7 Å². The van der Waals surface area contributed by atoms with Crippen LogP contribution in [0.25, 0.3) is 0 Å². The summed E-state index contributed by atoms with van der Waals surface area (Å²) >= 11 is 0. The van der Waals surface area contributed by atoms with Crippen molar-refractivity contribution in [3.8, 4) is 0 Å². The van der Waals surface area contributed by atoms with Crippen LogP contribution >= 0.6 is 15.6 Å². The number of phosphoric acid groups is 2. The molecule has 0 bridgehead atoms. The summed E-state index contributed by atoms with van der Waals surface area (Å²) in [6.07, 6.45) is 36.4. The van der Waals surface area contributed by atoms with Crippen LogP contribution in [0.4, 0.5) is 5.82 Å². The van der Waals surface area contributed by atoms with Crippen LogP contribution in [0, 0.1) is 5.92 Å². The molecule has 2 rings (SSSR count). The monoisotopic (exact) mass is 1090 g/mol. The molecule has 1 fully saturated rings. The predicted octanol–water partition coefficient (Wildman–Crippen LogP) is 10.6. The van der Waals surface area contributed by atoms with E-state index in [2.05, 4.69) is 53.5 Å². The highest BCUT2D eigenvalue weighted by molar-refractivity contribution is 7.61. The third-order valence-electron chi connectivity index (χ3n) is 12.1. The van der Waals surface area contributed by atoms with Crippen LogP contribution in [0.3, 0.4) is 0 Å². The summed E-state index contributed by atoms with van der Waals surface area (Å²) in [4.78, 5) is 62.0. The SMILES string of the molecule is CC(C)CCCCCCCCCCCCCCCCCC(=O)OC[C@H](COP(=O)(O)OP(=O)(O)OC[C@H]1O[C@@H](n2ccc(N)nc2=O)[C@H](O)[C@@H]1O)OC(=O)CCC/C=C\C/C=C\C/C=C\C/C=C\CCCCCO. The van der Waals surface area contributed by atoms with Gasteiger partial charge < -0.3 is 45.1 Å². The van der Waals surface area contributed by atoms with Gasteiger partial charge in [0, 0.05) is 25.6 Å². The molecule has 19 nitrogen and oxygen atoms in total. The molecule has 0 aliphatic carbocycles. The first kappa shape index (κ1) is 66.8. The number of nitrogens with zero attached hydrogens (tertiary/aromatic N) is 2. The number of carbonyl (C=O) groups excluding carboxylic acids is 2. The van der Waals surface area contributed by atoms with Gasteiger partial charge >= 0.3 is 33.3 Å². The molecule has 1 aliphatic rings. The van der Waals surface area contributed by atoms with Gasteiger partial charge in [0.25, 0.3) is 0 Å². The minimum Gasteiger partial charge on any atom is -0.462 e. The van der Waals surface area contributed by atoms with Gasteiger partial charge in [-0.3, -0.25) is 23.2 Å². The van der Waals surface area contributed by atoms with Crippen LogP contribution in [-0.4, -0.2) is 97.4 Å². The number of nitrogens with two attached hydrogens (primary N) is 1. The Balaban J connectivity index is 1.79. The third-order valence-corrected chi connectivity index (χ3v) is 14.8. The Morgan fingerprint density at radius 1 is 0.689 bits per heavy atom. The Morgan fingerprint density at radius 3 is 1.74 bits per heavy atom. The van der Waals surface area contributed by atoms with Gasteiger partial charge in [-0.05, 0) is 69.8 Å². The number of rotatable bonds is 45. The van der Waals surface area contributed by atoms with Crippen molar-refractivity contribution in [1.29, 1.82) is 0 Å². The number of hydrogen-bond acceptors (Lipinski definition) is 16. The van der Waals surface area contributed by atoms with Gasteiger partial charge in [-0.25, -0.2) is 13.9 Å². The van der Waals surface area contributed by atoms with Gasteiger partial charge in [0.2, 0.25) is 0 Å². The number of ether oxygens (including phenoxy) is 3. The van der Waals surface area contributed by atoms with E-state index in [1.54, 1.807) is 0 Å². The second kappa shape index (κ2) is 40.9. The molecular formula is C53H91N3O16P2. The van der Waals surface area contributed by atoms with E-state index >= 15 is 0 Å². The molecule has 21 heteroatoms. The average molecular weight is 1090 g/mol. The quantitative estimate of drug-likeness (QED) is 0.0153. The molecule has 1 aromatic heterocycles. The van der Waals surface area contributed by atoms with Crippen molar-refractivity contribution in [3.05, 3.63) is 71.4 Å². The van der Waals surface area contributed by atoms with E-state index in [0.29, 0.717) is 19.3 Å². The zero-order chi connectivity index (χ0) is 54.3. The molecule has 7 atom stereocenters. The molecule has 0 spiro atoms. The minimum atomic E-state index is -5.44. The summed E-state index contributed by atoms with van der Waals surface area (Å²) in [5.74, 6) is -0.575. The molecule has 1 aromatic rings. The Labute approximate surface area is 440 Å². The molecule has 7 N–H and O–H groups in total. The van der Waals surface area contributed by atoms with Gasteiger partial charge in [-0.2, -0.15) is 9.29 Å². The van der Waals surface area contributed by atoms with E-state index in [9.17, 15) is 43.5 Å². The molecule has 0 radical (unpaired) electrons. The summed E-state index contributed by atoms with van der Waals surface area (Å²) in [5, 5.41) is 29.8. The first-order valence-corrected chi connectivity index (χ1v) is 30.1. The number of allylic oxidation sites excluding steroid dienone is 8. The number of aliphatic hydroxyl groups excluding tert-OH is 3. The fraction of sp³-hybridized carbons (Fsp3) is 0.736. The van der Waals surface area contributed by atoms with Crippen LogP contribution in [0.5, 0.6) is 0 Å². The second-order valence-corrected chi connectivity index (χ2v) is 22.3. The van der Waals surface area contributed by atoms with Gasteiger partial charge in [0.15, 0.2) is 12.3 Å². The lowest BCUT2D eigenvalue weighted by atomic mass is 10.0. The van der Waals surface area contributed by atoms with Crippen LogP contribution in [0.15, 0.2) is 65.7 Å². The Kier molecular flexibility index (Phi) is 36.9. The molecule has 1 aliphatic heterocycles. The maximum atomic E-state index is 12.9. The summed E-state index contributed by atoms with van der Waals surface area (Å²) < 4.78 is 56.8. The van der Waals surface area contributed by atoms with Gasteiger partial charge in [-0.1, -0.05) is 165 Å². The lowest BCUT2D eigenvalue weighted by molar-refractivity contribution is -0.161. The van der Waals surface area contributed by atoms with Gasteiger partial charge in [-0.15, -0.1) is 0 Å². The van der Waals surface area contributed by atoms with Crippen molar-refractivity contribution in [2.45, 2.75) is 218 Å². The lowest BCUT2D eigenvalue weighted by Crippen LogP contribution is -2.36. The average Bonchev–Trinajstić information content (AvgIpc) is 3.63. The highest BCUT2D eigenvalue weighted by Gasteiger charge is 2.46. The highest BCUT2D eigenvalue weighted by atomic mass is 31.3. The minimum absolute atomic E-state index is 0.0353. The molecular weight excluding hydrogens is 997 g/mol. The number of carbonyl (C=O) groups is 2. The third kappa shape index (κ3) is 33.7. The number of aliphatic hydroxyl groups is 3. The highest BCUT2D eigenvalue weighted by Crippen LogP contribution is 2.60. The fourth-order valence-electron chi connectivity index (χ4n) is 7.94. The summed E-state index contributed by atoms with van der Waals surface area (Å²) in [5.41, 5.74) is 4.59. The number of esters is 2. The molecule has 74 heavy (non-hydrogen) atoms. The van der Waals surface area contributed by atoms with Crippen LogP contribution in [0.2, 0.25) is 0 Å². The van der Waals surface area contributed by atoms with Gasteiger partial charge in [0.1, 0.15) is 30.7 Å². The van der Waals surface area contributed by atoms with E-state index in [-0.39, 0.29) is 25.3 Å². The predicted molar refractivity (Wildman–Crippen MR) is 285 cm³/mol. The number of phosphoric ester groups is 2. The lowest BCUT2D eigenvalue weighted by Gasteiger charge is -2.21. The number of anilines is 1. The van der Waals surface area contributed by atoms with E-state index in [0.717, 1.165) is 87.3 Å². The van der Waals surface area contributed by atoms with Crippen molar-refractivity contribution in [2.75, 3.05) is 32.2 Å². The molecule has 0 amide bonds. The van der Waals surface area contributed by atoms with Crippen LogP contribution < -0.4 is 11.4 Å². The number of nitrogen functional groups attached to an aromatic ring is 1. The molecule has 424 valence electrons. The Bertz CT molecular complexity index is 1950. The summed E-state index contributed by atoms with van der Waals surface area (Å²) in [6.45, 7) is 2.45. The van der Waals surface area contributed by atoms with Crippen molar-refractivity contribution in [1.82, 2.24) is 9.55 Å². The van der Waals surface area contributed by atoms with Crippen molar-refractivity contribution >= 4 is 33.4 Å². The molecule has 0 saturated carbocycles. The van der Waals surface area contributed by atoms with Crippen LogP contribution in [-0.2, 0) is 46.3 Å². The van der Waals surface area contributed by atoms with Gasteiger partial charge in [0.05, 0.1) is 13.2 Å². The summed E-state index contributed by atoms with van der Waals surface area (Å²) in [7, 11) is -10.9. The van der Waals surface area contributed by atoms with Crippen molar-refractivity contribution in [3.63, 3.8) is 0 Å². The largest absolute Gasteiger partial charge is 0.481 e. The zero-order valence-electron chi connectivity index (χ0n) is 44.3. The standard InChI is InChI=1S/C53H91N3O16P2/c1-44(2)35-31-27-23-19-15-11-7-6-9-12-16-20-24-28-32-36-48(58)67-41-45(70-49(59)37-33-29-25-21-17-13-8-4-3-5-10-14-18-22-26-30-34-40-57)42-68-73(63,64)72-74(65,66)69-43-46-50(60)51(61)52(71-46)56-39-38-47(54)55-53(56)62/h3,5,8,13-14,18,21,25,38-39,44-46,50-52,57,60-61H,4,6-7,9-12,15-17,19-20,22-24,26-37,40-43H2,1-2H3,(H,63,64)(H,65,66)(H2,54,55,62)/b5-3-,13-8-,18-14-,25-21-/t45-,46-,50-,51-,52-/m1/s1. The van der Waals surface area contributed by atoms with E-state index < -0.39 is 83.7 Å². The molecule has 1 saturated heterocycles. The number of aromatic nitrogens is 2. The fourth-order valence-corrected chi connectivity index (χ4v) is 10.1. The maximum Gasteiger partial charge on any atom is 0.481 e. The normalized spacial score (nSPS) is 19.3. The molecule has 0 aromatic carbocycles. The van der Waals surface area contributed by atoms with Crippen molar-refractivity contribution in [2.24, 2.45) is 5.92 Å². The Hall–Kier alpha value is -3.32.